The molecule has 0 radical (unpaired) electrons. The number of rotatable bonds is 9. The quantitative estimate of drug-likeness (QED) is 0.265. The van der Waals surface area contributed by atoms with E-state index in [2.05, 4.69) is 101 Å². The smallest absolute Gasteiger partial charge is 0.0420 e. The van der Waals surface area contributed by atoms with Crippen LogP contribution in [-0.2, 0) is 0 Å². The zero-order chi connectivity index (χ0) is 19.0. The molecule has 0 aromatic heterocycles. The van der Waals surface area contributed by atoms with E-state index in [0.717, 1.165) is 32.6 Å². The van der Waals surface area contributed by atoms with Crippen LogP contribution in [0, 0.1) is 0 Å². The number of halogens is 2. The number of anilines is 2. The molecule has 0 heterocycles. The SMILES string of the molecule is Cl.Cl.c1ccc2c(NCCCNCCNc3cccc4ccccc34)cccc2c1. The molecule has 0 aliphatic carbocycles. The summed E-state index contributed by atoms with van der Waals surface area (Å²) in [5.74, 6) is 0. The highest BCUT2D eigenvalue weighted by Gasteiger charge is 2.00. The summed E-state index contributed by atoms with van der Waals surface area (Å²) in [6.07, 6.45) is 1.09. The fourth-order valence-electron chi connectivity index (χ4n) is 3.61. The highest BCUT2D eigenvalue weighted by Crippen LogP contribution is 2.23. The van der Waals surface area contributed by atoms with Gasteiger partial charge < -0.3 is 16.0 Å². The van der Waals surface area contributed by atoms with Gasteiger partial charge in [0.25, 0.3) is 0 Å². The molecule has 158 valence electrons. The molecular weight excluding hydrogens is 413 g/mol. The number of hydrogen-bond acceptors (Lipinski definition) is 3. The maximum Gasteiger partial charge on any atom is 0.0420 e. The highest BCUT2D eigenvalue weighted by molar-refractivity contribution is 5.94. The van der Waals surface area contributed by atoms with E-state index in [4.69, 9.17) is 0 Å². The molecule has 0 unspecified atom stereocenters. The van der Waals surface area contributed by atoms with Gasteiger partial charge in [-0.1, -0.05) is 72.8 Å². The number of benzene rings is 4. The molecule has 30 heavy (non-hydrogen) atoms. The number of nitrogens with one attached hydrogen (secondary N) is 3. The second-order valence-corrected chi connectivity index (χ2v) is 7.01. The van der Waals surface area contributed by atoms with E-state index < -0.39 is 0 Å². The van der Waals surface area contributed by atoms with E-state index in [-0.39, 0.29) is 24.8 Å². The van der Waals surface area contributed by atoms with Crippen LogP contribution in [0.1, 0.15) is 6.42 Å². The molecule has 0 saturated carbocycles. The molecule has 5 heteroatoms. The first-order chi connectivity index (χ1) is 13.9. The average Bonchev–Trinajstić information content (AvgIpc) is 2.76. The fraction of sp³-hybridized carbons (Fsp3) is 0.200. The van der Waals surface area contributed by atoms with Crippen LogP contribution in [-0.4, -0.2) is 26.2 Å². The monoisotopic (exact) mass is 441 g/mol. The molecule has 0 atom stereocenters. The predicted octanol–water partition coefficient (Wildman–Crippen LogP) is 6.34. The van der Waals surface area contributed by atoms with Crippen LogP contribution in [0.4, 0.5) is 11.4 Å². The topological polar surface area (TPSA) is 36.1 Å². The fourth-order valence-corrected chi connectivity index (χ4v) is 3.61. The van der Waals surface area contributed by atoms with Crippen molar-refractivity contribution in [1.29, 1.82) is 0 Å². The molecule has 4 rings (SSSR count). The maximum absolute atomic E-state index is 3.57. The molecule has 0 bridgehead atoms. The van der Waals surface area contributed by atoms with Gasteiger partial charge in [0.05, 0.1) is 0 Å². The minimum absolute atomic E-state index is 0. The maximum atomic E-state index is 3.57. The lowest BCUT2D eigenvalue weighted by atomic mass is 10.1. The minimum atomic E-state index is 0. The molecule has 0 saturated heterocycles. The van der Waals surface area contributed by atoms with Crippen LogP contribution >= 0.6 is 24.8 Å². The first-order valence-electron chi connectivity index (χ1n) is 10.1. The van der Waals surface area contributed by atoms with Gasteiger partial charge in [-0.15, -0.1) is 24.8 Å². The summed E-state index contributed by atoms with van der Waals surface area (Å²) >= 11 is 0. The third kappa shape index (κ3) is 6.02. The van der Waals surface area contributed by atoms with Gasteiger partial charge in [0.2, 0.25) is 0 Å². The standard InChI is InChI=1S/C25H27N3.2ClH/c1-3-12-22-20(8-1)10-5-14-24(22)27-17-7-16-26-18-19-28-25-15-6-11-21-9-2-4-13-23(21)25;;/h1-6,8-15,26-28H,7,16-19H2;2*1H. The molecule has 4 aromatic rings. The largest absolute Gasteiger partial charge is 0.384 e. The first kappa shape index (κ1) is 23.8. The Morgan fingerprint density at radius 1 is 0.467 bits per heavy atom. The Balaban J connectivity index is 0.00000160. The molecule has 0 fully saturated rings. The average molecular weight is 442 g/mol. The van der Waals surface area contributed by atoms with Crippen molar-refractivity contribution >= 4 is 57.7 Å². The summed E-state index contributed by atoms with van der Waals surface area (Å²) in [6.45, 7) is 3.86. The minimum Gasteiger partial charge on any atom is -0.384 e. The Kier molecular flexibility index (Phi) is 9.75. The van der Waals surface area contributed by atoms with E-state index in [1.807, 2.05) is 0 Å². The second-order valence-electron chi connectivity index (χ2n) is 7.01. The van der Waals surface area contributed by atoms with Crippen LogP contribution in [0.2, 0.25) is 0 Å². The van der Waals surface area contributed by atoms with E-state index in [0.29, 0.717) is 0 Å². The van der Waals surface area contributed by atoms with Gasteiger partial charge in [0.15, 0.2) is 0 Å². The molecule has 0 amide bonds. The van der Waals surface area contributed by atoms with Gasteiger partial charge in [-0.25, -0.2) is 0 Å². The van der Waals surface area contributed by atoms with Crippen molar-refractivity contribution in [2.45, 2.75) is 6.42 Å². The molecular formula is C25H29Cl2N3. The summed E-state index contributed by atoms with van der Waals surface area (Å²) in [5.41, 5.74) is 2.42. The van der Waals surface area contributed by atoms with Gasteiger partial charge in [0.1, 0.15) is 0 Å². The van der Waals surface area contributed by atoms with Crippen molar-refractivity contribution in [1.82, 2.24) is 5.32 Å². The lowest BCUT2D eigenvalue weighted by molar-refractivity contribution is 0.675. The predicted molar refractivity (Wildman–Crippen MR) is 137 cm³/mol. The summed E-state index contributed by atoms with van der Waals surface area (Å²) in [6, 6.07) is 29.9. The van der Waals surface area contributed by atoms with Crippen LogP contribution in [0.25, 0.3) is 21.5 Å². The Labute approximate surface area is 191 Å². The molecule has 0 spiro atoms. The third-order valence-corrected chi connectivity index (χ3v) is 5.04. The van der Waals surface area contributed by atoms with Crippen molar-refractivity contribution in [3.05, 3.63) is 84.9 Å². The normalized spacial score (nSPS) is 10.3. The lowest BCUT2D eigenvalue weighted by Gasteiger charge is -2.12. The van der Waals surface area contributed by atoms with Crippen molar-refractivity contribution in [2.24, 2.45) is 0 Å². The Morgan fingerprint density at radius 3 is 1.57 bits per heavy atom. The molecule has 3 nitrogen and oxygen atoms in total. The van der Waals surface area contributed by atoms with Crippen LogP contribution < -0.4 is 16.0 Å². The van der Waals surface area contributed by atoms with Gasteiger partial charge in [-0.2, -0.15) is 0 Å². The van der Waals surface area contributed by atoms with Crippen molar-refractivity contribution in [2.75, 3.05) is 36.8 Å². The Morgan fingerprint density at radius 2 is 0.967 bits per heavy atom. The molecule has 0 aliphatic rings. The molecule has 4 aromatic carbocycles. The summed E-state index contributed by atoms with van der Waals surface area (Å²) in [7, 11) is 0. The summed E-state index contributed by atoms with van der Waals surface area (Å²) < 4.78 is 0. The van der Waals surface area contributed by atoms with E-state index in [1.54, 1.807) is 0 Å². The highest BCUT2D eigenvalue weighted by atomic mass is 35.5. The van der Waals surface area contributed by atoms with Crippen molar-refractivity contribution in [3.8, 4) is 0 Å². The third-order valence-electron chi connectivity index (χ3n) is 5.04. The van der Waals surface area contributed by atoms with E-state index in [9.17, 15) is 0 Å². The van der Waals surface area contributed by atoms with Crippen LogP contribution in [0.3, 0.4) is 0 Å². The molecule has 0 aliphatic heterocycles. The molecule has 3 N–H and O–H groups in total. The Hall–Kier alpha value is -2.46. The van der Waals surface area contributed by atoms with E-state index in [1.165, 1.54) is 32.9 Å². The number of fused-ring (bicyclic) bond motifs is 2. The zero-order valence-electron chi connectivity index (χ0n) is 16.9. The summed E-state index contributed by atoms with van der Waals surface area (Å²) in [4.78, 5) is 0. The van der Waals surface area contributed by atoms with Crippen LogP contribution in [0.15, 0.2) is 84.9 Å². The van der Waals surface area contributed by atoms with Crippen LogP contribution in [0.5, 0.6) is 0 Å². The first-order valence-corrected chi connectivity index (χ1v) is 10.1. The van der Waals surface area contributed by atoms with Crippen molar-refractivity contribution in [3.63, 3.8) is 0 Å². The second kappa shape index (κ2) is 12.3. The van der Waals surface area contributed by atoms with Gasteiger partial charge in [0, 0.05) is 41.8 Å². The zero-order valence-corrected chi connectivity index (χ0v) is 18.6. The number of hydrogen-bond donors (Lipinski definition) is 3. The summed E-state index contributed by atoms with van der Waals surface area (Å²) in [5, 5.41) is 15.8. The van der Waals surface area contributed by atoms with Gasteiger partial charge in [-0.05, 0) is 35.9 Å². The van der Waals surface area contributed by atoms with Gasteiger partial charge >= 0.3 is 0 Å². The van der Waals surface area contributed by atoms with Crippen molar-refractivity contribution < 1.29 is 0 Å². The lowest BCUT2D eigenvalue weighted by Crippen LogP contribution is -2.24. The Bertz CT molecular complexity index is 957. The van der Waals surface area contributed by atoms with E-state index >= 15 is 0 Å². The van der Waals surface area contributed by atoms with Gasteiger partial charge in [-0.3, -0.25) is 0 Å².